The average molecular weight is 2130 g/mol. The van der Waals surface area contributed by atoms with Gasteiger partial charge in [0.1, 0.15) is 0 Å². The molecule has 0 fully saturated rings. The number of nitrogens with zero attached hydrogens (tertiary/aromatic N) is 9. The van der Waals surface area contributed by atoms with E-state index in [-0.39, 0.29) is 46.3 Å². The van der Waals surface area contributed by atoms with Crippen molar-refractivity contribution in [1.82, 2.24) is 0 Å². The molecule has 0 aromatic heterocycles. The van der Waals surface area contributed by atoms with Gasteiger partial charge in [0.05, 0.1) is 290 Å². The molecular formula is C112H226N9O9S9+9. The van der Waals surface area contributed by atoms with E-state index in [4.69, 9.17) is 0 Å². The molecule has 18 nitrogen and oxygen atoms in total. The van der Waals surface area contributed by atoms with Crippen LogP contribution in [0.4, 0.5) is 0 Å². The fourth-order valence-corrected chi connectivity index (χ4v) is 23.5. The van der Waals surface area contributed by atoms with Crippen LogP contribution in [0.3, 0.4) is 0 Å². The smallest absolute Gasteiger partial charge is 0.214 e. The van der Waals surface area contributed by atoms with E-state index in [1.807, 2.05) is 20.8 Å². The van der Waals surface area contributed by atoms with Crippen LogP contribution in [-0.4, -0.2) is 377 Å². The van der Waals surface area contributed by atoms with Crippen molar-refractivity contribution >= 4 is 152 Å². The molecular weight excluding hydrogens is 1900 g/mol. The molecule has 0 aromatic rings. The van der Waals surface area contributed by atoms with Gasteiger partial charge in [-0.05, 0) is 215 Å². The van der Waals surface area contributed by atoms with Crippen molar-refractivity contribution in [2.24, 2.45) is 5.41 Å². The number of thioether (sulfide) groups is 9. The Morgan fingerprint density at radius 2 is 0.367 bits per heavy atom. The predicted molar refractivity (Wildman–Crippen MR) is 640 cm³/mol. The van der Waals surface area contributed by atoms with E-state index >= 15 is 0 Å². The quantitative estimate of drug-likeness (QED) is 0.0419. The molecule has 0 amide bonds. The summed E-state index contributed by atoms with van der Waals surface area (Å²) in [7, 11) is 12.7. The van der Waals surface area contributed by atoms with Gasteiger partial charge in [-0.15, -0.1) is 0 Å². The van der Waals surface area contributed by atoms with Crippen molar-refractivity contribution < 1.29 is 83.5 Å². The van der Waals surface area contributed by atoms with E-state index in [1.165, 1.54) is 325 Å². The Morgan fingerprint density at radius 1 is 0.216 bits per heavy atom. The third-order valence-electron chi connectivity index (χ3n) is 25.5. The van der Waals surface area contributed by atoms with Crippen LogP contribution in [-0.2, 0) is 43.2 Å². The number of carbonyl (C=O) groups excluding carboxylic acids is 9. The molecule has 0 heterocycles. The molecule has 0 aliphatic heterocycles. The second-order valence-electron chi connectivity index (χ2n) is 39.8. The first-order valence-corrected chi connectivity index (χ1v) is 62.1. The molecule has 0 saturated carbocycles. The lowest BCUT2D eigenvalue weighted by atomic mass is 10.00. The first-order chi connectivity index (χ1) is 65.0. The van der Waals surface area contributed by atoms with Crippen molar-refractivity contribution in [2.45, 2.75) is 277 Å². The SMILES string of the molecule is C=C(C)C(=O)SCC[N+](C)(C)C.C=C(C)C(=O)SCC[N+](CC)(CC)CC.C=C(C)C(=O)SCC[N+](CC)(CCC)CCC.C=C(C)C(=O)SCC[N+](CC)(CCC)CCCC.C=CC(=O)SCC[N+](C)(C)C.C=CC(=O)SCC[N+](CC)(CC)CC.C=CC(=O)SCC[N+](CC)(CCC)CCC.C=CC(=O)SCC[N+](CC)(CCC)CCCC.CCCC[N+](CC)(CCC)CCSC(=O)C(C)(C)C. The number of hydrogen-bond donors (Lipinski definition) is 0. The van der Waals surface area contributed by atoms with Crippen LogP contribution >= 0.6 is 106 Å². The van der Waals surface area contributed by atoms with Crippen molar-refractivity contribution in [3.05, 3.63) is 99.2 Å². The Hall–Kier alpha value is -2.26. The fraction of sp³-hybridized carbons (Fsp3) is 0.777. The van der Waals surface area contributed by atoms with Crippen LogP contribution in [0.5, 0.6) is 0 Å². The first-order valence-electron chi connectivity index (χ1n) is 53.2. The zero-order chi connectivity index (χ0) is 109. The molecule has 3 unspecified atom stereocenters. The number of hydrogen-bond acceptors (Lipinski definition) is 18. The highest BCUT2D eigenvalue weighted by atomic mass is 32.2. The monoisotopic (exact) mass is 2130 g/mol. The van der Waals surface area contributed by atoms with Gasteiger partial charge in [0.15, 0.2) is 5.12 Å². The number of unbranched alkanes of at least 4 members (excludes halogenated alkanes) is 3. The molecule has 139 heavy (non-hydrogen) atoms. The molecule has 27 heteroatoms. The second-order valence-corrected chi connectivity index (χ2v) is 49.5. The molecule has 0 radical (unpaired) electrons. The lowest BCUT2D eigenvalue weighted by Crippen LogP contribution is -2.50. The second kappa shape index (κ2) is 94.2. The minimum Gasteiger partial charge on any atom is -0.330 e. The average Bonchev–Trinajstić information content (AvgIpc) is 0.915. The molecule has 0 aliphatic carbocycles. The summed E-state index contributed by atoms with van der Waals surface area (Å²) in [5.41, 5.74) is 2.42. The van der Waals surface area contributed by atoms with Crippen molar-refractivity contribution in [2.75, 3.05) is 290 Å². The molecule has 0 aromatic carbocycles. The van der Waals surface area contributed by atoms with Crippen LogP contribution in [0.1, 0.15) is 277 Å². The molecule has 818 valence electrons. The van der Waals surface area contributed by atoms with Gasteiger partial charge in [-0.1, -0.05) is 268 Å². The van der Waals surface area contributed by atoms with E-state index in [0.717, 1.165) is 177 Å². The Bertz CT molecular complexity index is 3270. The summed E-state index contributed by atoms with van der Waals surface area (Å²) in [6.07, 6.45) is 21.7. The highest BCUT2D eigenvalue weighted by Crippen LogP contribution is 2.26. The Balaban J connectivity index is -0.000000196. The summed E-state index contributed by atoms with van der Waals surface area (Å²) >= 11 is 12.7. The van der Waals surface area contributed by atoms with Gasteiger partial charge in [-0.3, -0.25) is 43.2 Å². The number of carbonyl (C=O) groups is 9. The highest BCUT2D eigenvalue weighted by Gasteiger charge is 2.31. The van der Waals surface area contributed by atoms with Gasteiger partial charge in [0, 0.05) is 5.41 Å². The van der Waals surface area contributed by atoms with E-state index in [0.29, 0.717) is 27.4 Å². The number of quaternary nitrogens is 9. The molecule has 0 rings (SSSR count). The zero-order valence-corrected chi connectivity index (χ0v) is 104. The van der Waals surface area contributed by atoms with Crippen LogP contribution in [0.25, 0.3) is 0 Å². The van der Waals surface area contributed by atoms with E-state index < -0.39 is 0 Å². The molecule has 0 aliphatic rings. The maximum atomic E-state index is 12.0. The fourth-order valence-electron chi connectivity index (χ4n) is 15.3. The van der Waals surface area contributed by atoms with E-state index in [1.54, 1.807) is 27.7 Å². The van der Waals surface area contributed by atoms with Gasteiger partial charge in [0.25, 0.3) is 0 Å². The minimum atomic E-state index is -0.208. The summed E-state index contributed by atoms with van der Waals surface area (Å²) in [6, 6.07) is 0. The van der Waals surface area contributed by atoms with E-state index in [9.17, 15) is 43.2 Å². The summed E-state index contributed by atoms with van der Waals surface area (Å²) < 4.78 is 9.85. The topological polar surface area (TPSA) is 154 Å². The van der Waals surface area contributed by atoms with Crippen LogP contribution < -0.4 is 0 Å². The van der Waals surface area contributed by atoms with Gasteiger partial charge in [0.2, 0.25) is 40.9 Å². The lowest BCUT2D eigenvalue weighted by Gasteiger charge is -2.38. The normalized spacial score (nSPS) is 12.6. The molecule has 3 atom stereocenters. The van der Waals surface area contributed by atoms with Crippen molar-refractivity contribution in [1.29, 1.82) is 0 Å². The van der Waals surface area contributed by atoms with Gasteiger partial charge >= 0.3 is 0 Å². The third-order valence-corrected chi connectivity index (χ3v) is 34.1. The highest BCUT2D eigenvalue weighted by molar-refractivity contribution is 8.16. The lowest BCUT2D eigenvalue weighted by molar-refractivity contribution is -0.924. The van der Waals surface area contributed by atoms with Crippen LogP contribution in [0.2, 0.25) is 0 Å². The number of rotatable bonds is 69. The summed E-state index contributed by atoms with van der Waals surface area (Å²) in [6.45, 7) is 124. The molecule has 0 saturated heterocycles. The van der Waals surface area contributed by atoms with Gasteiger partial charge < -0.3 is 40.3 Å². The summed E-state index contributed by atoms with van der Waals surface area (Å²) in [5.74, 6) is 8.18. The summed E-state index contributed by atoms with van der Waals surface area (Å²) in [4.78, 5) is 102. The minimum absolute atomic E-state index is 0.0680. The van der Waals surface area contributed by atoms with Gasteiger partial charge in [-0.25, -0.2) is 0 Å². The Morgan fingerprint density at radius 3 is 0.511 bits per heavy atom. The molecule has 0 spiro atoms. The molecule has 0 bridgehead atoms. The zero-order valence-electron chi connectivity index (χ0n) is 97.1. The predicted octanol–water partition coefficient (Wildman–Crippen LogP) is 25.9. The third kappa shape index (κ3) is 87.3. The maximum absolute atomic E-state index is 12.0. The Kier molecular flexibility index (Phi) is 105. The van der Waals surface area contributed by atoms with Crippen molar-refractivity contribution in [3.63, 3.8) is 0 Å². The van der Waals surface area contributed by atoms with Crippen LogP contribution in [0, 0.1) is 5.41 Å². The summed E-state index contributed by atoms with van der Waals surface area (Å²) in [5, 5.41) is 1.23. The maximum Gasteiger partial charge on any atom is 0.214 e. The largest absolute Gasteiger partial charge is 0.330 e. The van der Waals surface area contributed by atoms with Crippen LogP contribution in [0.15, 0.2) is 99.2 Å². The molecule has 0 N–H and O–H groups in total. The standard InChI is InChI=1S/C16H34NOS.C15H30NOS.2C14H28NOS.C13H26NOS.C12H24NOS.C11H22NOS.C9H18NOS.C8H16NOS/c1-7-10-12-17(9-3,11-8-2)13-14-19-15(18)16(4,5)6;1-6-9-11-16(8-3,10-7-2)12-13-18-15(17)14(4)5;1-6-9-15(8-3,10-7-2)11-12-17-14(16)13(4)5;1-5-9-11-15(8-4,10-6-2)12-13-17-14(16)7-3;1-5-9-14(8-4,10-6-2)11-12-16-13(15)7-3;1-6-13(7-2,8-3)9-10-15-12(14)11(4)5;1-5-11(13)14-10-9-12(6-2,7-3)8-4;1-8(2)9(11)12-7-6-10(3,4)5;1-5-8(10)11-7-6-9(2,3)4/h7-14H2,1-6H3;4,6-13H2,1-3,5H3;4,6-12H2,1-3,5H3;7H,3,5-6,8-13H2,1-2,4H3;7H,3,5-6,8-12H2,1-2,4H3;4,6-10H2,1-3,5H3;5H,1,6-10H2,2-4H3;1,6-7H2,2-5H3;5H,1,6-7H2,2-4H3/q9*+1. The Labute approximate surface area is 900 Å². The van der Waals surface area contributed by atoms with E-state index in [2.05, 4.69) is 240 Å². The van der Waals surface area contributed by atoms with Crippen molar-refractivity contribution in [3.8, 4) is 0 Å². The van der Waals surface area contributed by atoms with Gasteiger partial charge in [-0.2, -0.15) is 0 Å². The first kappa shape index (κ1) is 154.